The second-order valence-electron chi connectivity index (χ2n) is 5.28. The summed E-state index contributed by atoms with van der Waals surface area (Å²) in [6.07, 6.45) is 6.39. The summed E-state index contributed by atoms with van der Waals surface area (Å²) in [4.78, 5) is 13.7. The average molecular weight is 226 g/mol. The minimum atomic E-state index is -0.695. The van der Waals surface area contributed by atoms with Crippen LogP contribution in [0.3, 0.4) is 0 Å². The second-order valence-corrected chi connectivity index (χ2v) is 5.28. The second kappa shape index (κ2) is 4.34. The maximum absolute atomic E-state index is 11.3. The Morgan fingerprint density at radius 3 is 2.44 bits per heavy atom. The third-order valence-corrected chi connectivity index (χ3v) is 4.60. The van der Waals surface area contributed by atoms with Crippen LogP contribution in [0.2, 0.25) is 0 Å². The van der Waals surface area contributed by atoms with Gasteiger partial charge in [-0.05, 0) is 46.2 Å². The summed E-state index contributed by atoms with van der Waals surface area (Å²) in [5.74, 6) is -0.695. The molecule has 0 bridgehead atoms. The van der Waals surface area contributed by atoms with Gasteiger partial charge in [0.05, 0.1) is 0 Å². The zero-order chi connectivity index (χ0) is 11.8. The van der Waals surface area contributed by atoms with E-state index in [9.17, 15) is 9.90 Å². The molecule has 0 aromatic heterocycles. The smallest absolute Gasteiger partial charge is 0.323 e. The number of carboxylic acids is 1. The Morgan fingerprint density at radius 2 is 2.06 bits per heavy atom. The van der Waals surface area contributed by atoms with E-state index < -0.39 is 11.5 Å². The first-order valence-corrected chi connectivity index (χ1v) is 6.23. The van der Waals surface area contributed by atoms with Crippen molar-refractivity contribution in [3.63, 3.8) is 0 Å². The van der Waals surface area contributed by atoms with Crippen molar-refractivity contribution >= 4 is 5.97 Å². The monoisotopic (exact) mass is 226 g/mol. The summed E-state index contributed by atoms with van der Waals surface area (Å²) >= 11 is 0. The molecule has 2 atom stereocenters. The highest BCUT2D eigenvalue weighted by Crippen LogP contribution is 2.36. The molecule has 0 aliphatic heterocycles. The van der Waals surface area contributed by atoms with Crippen LogP contribution >= 0.6 is 0 Å². The van der Waals surface area contributed by atoms with Crippen molar-refractivity contribution < 1.29 is 9.90 Å². The molecule has 0 spiro atoms. The highest BCUT2D eigenvalue weighted by molar-refractivity contribution is 5.79. The Hall–Kier alpha value is -0.610. The lowest BCUT2D eigenvalue weighted by Crippen LogP contribution is -2.50. The lowest BCUT2D eigenvalue weighted by atomic mass is 9.90. The van der Waals surface area contributed by atoms with Crippen molar-refractivity contribution in [1.82, 2.24) is 10.2 Å². The van der Waals surface area contributed by atoms with Gasteiger partial charge in [0.1, 0.15) is 5.54 Å². The molecule has 2 aliphatic rings. The number of carboxylic acid groups (broad SMARTS) is 1. The molecule has 0 amide bonds. The highest BCUT2D eigenvalue weighted by atomic mass is 16.4. The standard InChI is InChI=1S/C12H22N2O2/c1-13-12(11(15)16)7-6-10(8-12)14(2)9-4-3-5-9/h9-10,13H,3-8H2,1-2H3,(H,15,16). The van der Waals surface area contributed by atoms with Crippen LogP contribution in [-0.2, 0) is 4.79 Å². The fourth-order valence-electron chi connectivity index (χ4n) is 2.99. The van der Waals surface area contributed by atoms with Gasteiger partial charge in [-0.15, -0.1) is 0 Å². The molecule has 2 N–H and O–H groups in total. The number of hydrogen-bond donors (Lipinski definition) is 2. The van der Waals surface area contributed by atoms with Gasteiger partial charge in [0, 0.05) is 12.1 Å². The van der Waals surface area contributed by atoms with Crippen LogP contribution in [0.5, 0.6) is 0 Å². The van der Waals surface area contributed by atoms with E-state index in [1.54, 1.807) is 7.05 Å². The normalized spacial score (nSPS) is 35.3. The zero-order valence-electron chi connectivity index (χ0n) is 10.2. The first-order valence-electron chi connectivity index (χ1n) is 6.23. The molecule has 2 aliphatic carbocycles. The minimum Gasteiger partial charge on any atom is -0.480 e. The van der Waals surface area contributed by atoms with Crippen LogP contribution in [0, 0.1) is 0 Å². The van der Waals surface area contributed by atoms with Crippen LogP contribution in [0.25, 0.3) is 0 Å². The van der Waals surface area contributed by atoms with Crippen LogP contribution in [0.4, 0.5) is 0 Å². The fourth-order valence-corrected chi connectivity index (χ4v) is 2.99. The third-order valence-electron chi connectivity index (χ3n) is 4.60. The summed E-state index contributed by atoms with van der Waals surface area (Å²) < 4.78 is 0. The Kier molecular flexibility index (Phi) is 3.22. The van der Waals surface area contributed by atoms with E-state index in [1.165, 1.54) is 19.3 Å². The van der Waals surface area contributed by atoms with Crippen LogP contribution in [0.1, 0.15) is 38.5 Å². The van der Waals surface area contributed by atoms with E-state index in [0.29, 0.717) is 12.1 Å². The largest absolute Gasteiger partial charge is 0.480 e. The van der Waals surface area contributed by atoms with E-state index in [-0.39, 0.29) is 0 Å². The Balaban J connectivity index is 1.98. The molecule has 0 heterocycles. The van der Waals surface area contributed by atoms with Crippen molar-refractivity contribution in [3.8, 4) is 0 Å². The molecule has 16 heavy (non-hydrogen) atoms. The number of hydrogen-bond acceptors (Lipinski definition) is 3. The molecule has 2 unspecified atom stereocenters. The lowest BCUT2D eigenvalue weighted by Gasteiger charge is -2.39. The maximum Gasteiger partial charge on any atom is 0.323 e. The van der Waals surface area contributed by atoms with E-state index in [0.717, 1.165) is 19.3 Å². The molecule has 0 aromatic carbocycles. The van der Waals surface area contributed by atoms with Gasteiger partial charge < -0.3 is 15.3 Å². The first-order chi connectivity index (χ1) is 7.59. The number of likely N-dealkylation sites (N-methyl/N-ethyl adjacent to an activating group) is 1. The van der Waals surface area contributed by atoms with Gasteiger partial charge in [-0.1, -0.05) is 6.42 Å². The fraction of sp³-hybridized carbons (Fsp3) is 0.917. The van der Waals surface area contributed by atoms with Gasteiger partial charge >= 0.3 is 5.97 Å². The molecule has 2 saturated carbocycles. The van der Waals surface area contributed by atoms with Gasteiger partial charge in [-0.25, -0.2) is 0 Å². The average Bonchev–Trinajstić information content (AvgIpc) is 2.60. The summed E-state index contributed by atoms with van der Waals surface area (Å²) in [5, 5.41) is 12.3. The van der Waals surface area contributed by atoms with E-state index in [2.05, 4.69) is 17.3 Å². The third kappa shape index (κ3) is 1.84. The van der Waals surface area contributed by atoms with Crippen LogP contribution in [0.15, 0.2) is 0 Å². The van der Waals surface area contributed by atoms with E-state index >= 15 is 0 Å². The highest BCUT2D eigenvalue weighted by Gasteiger charge is 2.46. The predicted molar refractivity (Wildman–Crippen MR) is 62.5 cm³/mol. The molecule has 92 valence electrons. The molecule has 0 aromatic rings. The van der Waals surface area contributed by atoms with Gasteiger partial charge in [0.25, 0.3) is 0 Å². The molecular weight excluding hydrogens is 204 g/mol. The van der Waals surface area contributed by atoms with E-state index in [4.69, 9.17) is 0 Å². The molecule has 0 saturated heterocycles. The van der Waals surface area contributed by atoms with E-state index in [1.807, 2.05) is 0 Å². The van der Waals surface area contributed by atoms with Gasteiger partial charge in [-0.2, -0.15) is 0 Å². The molecule has 4 nitrogen and oxygen atoms in total. The Labute approximate surface area is 97.0 Å². The van der Waals surface area contributed by atoms with Gasteiger partial charge in [0.2, 0.25) is 0 Å². The number of rotatable bonds is 4. The Morgan fingerprint density at radius 1 is 1.38 bits per heavy atom. The SMILES string of the molecule is CNC1(C(=O)O)CCC(N(C)C2CCC2)C1. The summed E-state index contributed by atoms with van der Waals surface area (Å²) in [6.45, 7) is 0. The Bertz CT molecular complexity index is 278. The van der Waals surface area contributed by atoms with Crippen LogP contribution in [-0.4, -0.2) is 47.7 Å². The quantitative estimate of drug-likeness (QED) is 0.753. The van der Waals surface area contributed by atoms with Gasteiger partial charge in [0.15, 0.2) is 0 Å². The predicted octanol–water partition coefficient (Wildman–Crippen LogP) is 1.07. The van der Waals surface area contributed by atoms with Gasteiger partial charge in [-0.3, -0.25) is 4.79 Å². The number of nitrogens with zero attached hydrogens (tertiary/aromatic N) is 1. The topological polar surface area (TPSA) is 52.6 Å². The van der Waals surface area contributed by atoms with Crippen molar-refractivity contribution in [1.29, 1.82) is 0 Å². The lowest BCUT2D eigenvalue weighted by molar-refractivity contribution is -0.144. The first kappa shape index (κ1) is 11.9. The molecule has 0 radical (unpaired) electrons. The summed E-state index contributed by atoms with van der Waals surface area (Å²) in [6, 6.07) is 1.14. The number of aliphatic carboxylic acids is 1. The molecular formula is C12H22N2O2. The van der Waals surface area contributed by atoms with Crippen molar-refractivity contribution in [2.24, 2.45) is 0 Å². The molecule has 2 rings (SSSR count). The number of nitrogens with one attached hydrogen (secondary N) is 1. The minimum absolute atomic E-state index is 0.439. The maximum atomic E-state index is 11.3. The molecule has 2 fully saturated rings. The zero-order valence-corrected chi connectivity index (χ0v) is 10.2. The summed E-state index contributed by atoms with van der Waals surface area (Å²) in [5.41, 5.74) is -0.678. The number of carbonyl (C=O) groups is 1. The van der Waals surface area contributed by atoms with Crippen molar-refractivity contribution in [2.45, 2.75) is 56.1 Å². The molecule has 4 heteroatoms. The van der Waals surface area contributed by atoms with Crippen LogP contribution < -0.4 is 5.32 Å². The van der Waals surface area contributed by atoms with Crippen molar-refractivity contribution in [2.75, 3.05) is 14.1 Å². The van der Waals surface area contributed by atoms with Crippen molar-refractivity contribution in [3.05, 3.63) is 0 Å². The summed E-state index contributed by atoms with van der Waals surface area (Å²) in [7, 11) is 3.92.